The Morgan fingerprint density at radius 3 is 2.00 bits per heavy atom. The minimum absolute atomic E-state index is 0.204. The summed E-state index contributed by atoms with van der Waals surface area (Å²) in [7, 11) is 0. The second kappa shape index (κ2) is 7.58. The maximum Gasteiger partial charge on any atom is 0.303 e. The van der Waals surface area contributed by atoms with Gasteiger partial charge in [0, 0.05) is 19.9 Å². The Kier molecular flexibility index (Phi) is 5.51. The number of nitrogens with zero attached hydrogens (tertiary/aromatic N) is 1. The molecule has 0 bridgehead atoms. The Bertz CT molecular complexity index is 587. The summed E-state index contributed by atoms with van der Waals surface area (Å²) in [4.78, 5) is 36.0. The quantitative estimate of drug-likeness (QED) is 0.620. The summed E-state index contributed by atoms with van der Waals surface area (Å²) in [6.45, 7) is 2.97. The van der Waals surface area contributed by atoms with Crippen LogP contribution >= 0.6 is 0 Å². The number of benzene rings is 1. The normalized spacial score (nSPS) is 20.5. The molecule has 0 unspecified atom stereocenters. The Morgan fingerprint density at radius 2 is 1.52 bits per heavy atom. The molecule has 1 aromatic carbocycles. The molecule has 6 nitrogen and oxygen atoms in total. The smallest absolute Gasteiger partial charge is 0.303 e. The van der Waals surface area contributed by atoms with E-state index in [9.17, 15) is 14.4 Å². The van der Waals surface area contributed by atoms with Gasteiger partial charge in [0.25, 0.3) is 0 Å². The lowest BCUT2D eigenvalue weighted by Crippen LogP contribution is -2.32. The van der Waals surface area contributed by atoms with Gasteiger partial charge in [-0.2, -0.15) is 0 Å². The number of ether oxygens (including phenoxy) is 2. The van der Waals surface area contributed by atoms with Crippen LogP contribution in [0, 0.1) is 0 Å². The third-order valence-electron chi connectivity index (χ3n) is 3.38. The van der Waals surface area contributed by atoms with Gasteiger partial charge in [-0.25, -0.2) is 0 Å². The molecule has 0 radical (unpaired) electrons. The Morgan fingerprint density at radius 1 is 1.00 bits per heavy atom. The zero-order chi connectivity index (χ0) is 16.8. The van der Waals surface area contributed by atoms with Crippen molar-refractivity contribution in [3.8, 4) is 0 Å². The first-order chi connectivity index (χ1) is 11.0. The van der Waals surface area contributed by atoms with Crippen molar-refractivity contribution < 1.29 is 23.9 Å². The summed E-state index contributed by atoms with van der Waals surface area (Å²) in [6, 6.07) is 9.43. The van der Waals surface area contributed by atoms with Gasteiger partial charge in [0.2, 0.25) is 5.91 Å². The number of carbonyl (C=O) groups excluding carboxylic acids is 3. The first kappa shape index (κ1) is 16.7. The van der Waals surface area contributed by atoms with E-state index in [-0.39, 0.29) is 19.0 Å². The van der Waals surface area contributed by atoms with Crippen molar-refractivity contribution in [1.82, 2.24) is 4.90 Å². The summed E-state index contributed by atoms with van der Waals surface area (Å²) >= 11 is 0. The van der Waals surface area contributed by atoms with Crippen molar-refractivity contribution in [2.45, 2.75) is 26.1 Å². The van der Waals surface area contributed by atoms with Crippen LogP contribution in [0.4, 0.5) is 0 Å². The number of likely N-dealkylation sites (tertiary alicyclic amines) is 1. The van der Waals surface area contributed by atoms with Gasteiger partial charge in [-0.1, -0.05) is 30.3 Å². The summed E-state index contributed by atoms with van der Waals surface area (Å²) in [5, 5.41) is 0. The molecular weight excluding hydrogens is 298 g/mol. The molecule has 0 N–H and O–H groups in total. The molecule has 122 valence electrons. The van der Waals surface area contributed by atoms with E-state index >= 15 is 0 Å². The lowest BCUT2D eigenvalue weighted by molar-refractivity contribution is -0.160. The monoisotopic (exact) mass is 317 g/mol. The average Bonchev–Trinajstić information content (AvgIpc) is 2.87. The van der Waals surface area contributed by atoms with Crippen LogP contribution in [-0.4, -0.2) is 48.0 Å². The third-order valence-corrected chi connectivity index (χ3v) is 3.38. The minimum Gasteiger partial charge on any atom is -0.457 e. The zero-order valence-electron chi connectivity index (χ0n) is 13.1. The van der Waals surface area contributed by atoms with Crippen molar-refractivity contribution in [3.05, 3.63) is 42.0 Å². The van der Waals surface area contributed by atoms with Crippen LogP contribution in [0.15, 0.2) is 36.4 Å². The van der Waals surface area contributed by atoms with Gasteiger partial charge < -0.3 is 14.4 Å². The number of hydrogen-bond acceptors (Lipinski definition) is 5. The van der Waals surface area contributed by atoms with E-state index in [0.717, 1.165) is 5.56 Å². The zero-order valence-corrected chi connectivity index (χ0v) is 13.1. The van der Waals surface area contributed by atoms with E-state index in [0.29, 0.717) is 0 Å². The van der Waals surface area contributed by atoms with Crippen LogP contribution < -0.4 is 0 Å². The van der Waals surface area contributed by atoms with Crippen LogP contribution in [0.2, 0.25) is 0 Å². The molecule has 23 heavy (non-hydrogen) atoms. The van der Waals surface area contributed by atoms with Gasteiger partial charge in [-0.3, -0.25) is 14.4 Å². The molecule has 1 fully saturated rings. The Hall–Kier alpha value is -2.63. The lowest BCUT2D eigenvalue weighted by atomic mass is 10.2. The van der Waals surface area contributed by atoms with E-state index in [2.05, 4.69) is 0 Å². The molecule has 1 aliphatic heterocycles. The van der Waals surface area contributed by atoms with Gasteiger partial charge in [0.15, 0.2) is 12.2 Å². The molecule has 0 aromatic heterocycles. The van der Waals surface area contributed by atoms with E-state index in [4.69, 9.17) is 9.47 Å². The molecule has 1 amide bonds. The minimum atomic E-state index is -0.634. The number of carbonyl (C=O) groups is 3. The lowest BCUT2D eigenvalue weighted by Gasteiger charge is -2.17. The Balaban J connectivity index is 2.02. The fourth-order valence-electron chi connectivity index (χ4n) is 2.41. The van der Waals surface area contributed by atoms with E-state index in [1.165, 1.54) is 24.8 Å². The highest BCUT2D eigenvalue weighted by Crippen LogP contribution is 2.18. The van der Waals surface area contributed by atoms with E-state index in [1.54, 1.807) is 6.08 Å². The SMILES string of the molecule is CC(=O)O[C@@H]1CN(C(=O)/C=C/c2ccccc2)C[C@H]1OC(C)=O. The highest BCUT2D eigenvalue weighted by molar-refractivity contribution is 5.92. The number of esters is 2. The van der Waals surface area contributed by atoms with Crippen molar-refractivity contribution in [2.75, 3.05) is 13.1 Å². The number of rotatable bonds is 4. The molecule has 0 saturated carbocycles. The van der Waals surface area contributed by atoms with E-state index in [1.807, 2.05) is 30.3 Å². The van der Waals surface area contributed by atoms with Crippen molar-refractivity contribution in [2.24, 2.45) is 0 Å². The summed E-state index contributed by atoms with van der Waals surface area (Å²) < 4.78 is 10.3. The van der Waals surface area contributed by atoms with Crippen molar-refractivity contribution in [3.63, 3.8) is 0 Å². The fraction of sp³-hybridized carbons (Fsp3) is 0.353. The third kappa shape index (κ3) is 4.95. The van der Waals surface area contributed by atoms with Crippen LogP contribution in [0.3, 0.4) is 0 Å². The fourth-order valence-corrected chi connectivity index (χ4v) is 2.41. The van der Waals surface area contributed by atoms with Crippen molar-refractivity contribution in [1.29, 1.82) is 0 Å². The largest absolute Gasteiger partial charge is 0.457 e. The molecule has 1 aliphatic rings. The summed E-state index contributed by atoms with van der Waals surface area (Å²) in [6.07, 6.45) is 1.90. The van der Waals surface area contributed by atoms with E-state index < -0.39 is 24.1 Å². The number of hydrogen-bond donors (Lipinski definition) is 0. The molecule has 1 saturated heterocycles. The molecule has 0 aliphatic carbocycles. The summed E-state index contributed by atoms with van der Waals surface area (Å²) in [5.74, 6) is -1.16. The second-order valence-corrected chi connectivity index (χ2v) is 5.28. The molecule has 6 heteroatoms. The topological polar surface area (TPSA) is 72.9 Å². The molecule has 0 spiro atoms. The van der Waals surface area contributed by atoms with Gasteiger partial charge in [-0.15, -0.1) is 0 Å². The van der Waals surface area contributed by atoms with Crippen molar-refractivity contribution >= 4 is 23.9 Å². The highest BCUT2D eigenvalue weighted by atomic mass is 16.6. The van der Waals surface area contributed by atoms with Crippen LogP contribution in [0.1, 0.15) is 19.4 Å². The first-order valence-electron chi connectivity index (χ1n) is 7.32. The second-order valence-electron chi connectivity index (χ2n) is 5.28. The summed E-state index contributed by atoms with van der Waals surface area (Å²) in [5.41, 5.74) is 0.910. The standard InChI is InChI=1S/C17H19NO5/c1-12(19)22-15-10-18(11-16(15)23-13(2)20)17(21)9-8-14-6-4-3-5-7-14/h3-9,15-16H,10-11H2,1-2H3/b9-8+/t15-,16-/m1/s1. The maximum atomic E-state index is 12.2. The van der Waals surface area contributed by atoms with Gasteiger partial charge in [0.1, 0.15) is 0 Å². The molecule has 1 heterocycles. The van der Waals surface area contributed by atoms with Gasteiger partial charge in [-0.05, 0) is 11.6 Å². The highest BCUT2D eigenvalue weighted by Gasteiger charge is 2.38. The number of amides is 1. The molecule has 2 atom stereocenters. The van der Waals surface area contributed by atoms with Crippen LogP contribution in [0.25, 0.3) is 6.08 Å². The maximum absolute atomic E-state index is 12.2. The van der Waals surface area contributed by atoms with Gasteiger partial charge >= 0.3 is 11.9 Å². The van der Waals surface area contributed by atoms with Gasteiger partial charge in [0.05, 0.1) is 13.1 Å². The van der Waals surface area contributed by atoms with Crippen LogP contribution in [0.5, 0.6) is 0 Å². The molecular formula is C17H19NO5. The average molecular weight is 317 g/mol. The van der Waals surface area contributed by atoms with Crippen LogP contribution in [-0.2, 0) is 23.9 Å². The molecule has 2 rings (SSSR count). The predicted molar refractivity (Wildman–Crippen MR) is 83.2 cm³/mol. The predicted octanol–water partition coefficient (Wildman–Crippen LogP) is 1.41. The Labute approximate surface area is 134 Å². The first-order valence-corrected chi connectivity index (χ1v) is 7.32. The molecule has 1 aromatic rings.